The molecule has 0 unspecified atom stereocenters. The number of anilines is 3. The van der Waals surface area contributed by atoms with Crippen LogP contribution in [0.2, 0.25) is 0 Å². The SMILES string of the molecule is Cc1cncnc1N1CCN(c2cc(N(C)C)ncn2)CC1. The molecule has 0 aliphatic carbocycles. The van der Waals surface area contributed by atoms with Crippen molar-refractivity contribution in [2.45, 2.75) is 6.92 Å². The highest BCUT2D eigenvalue weighted by Gasteiger charge is 2.20. The van der Waals surface area contributed by atoms with Crippen molar-refractivity contribution in [3.63, 3.8) is 0 Å². The Morgan fingerprint density at radius 2 is 1.68 bits per heavy atom. The molecule has 0 atom stereocenters. The van der Waals surface area contributed by atoms with Crippen LogP contribution in [0.1, 0.15) is 5.56 Å². The molecule has 1 fully saturated rings. The molecule has 0 saturated carbocycles. The van der Waals surface area contributed by atoms with Crippen molar-refractivity contribution in [3.05, 3.63) is 30.5 Å². The van der Waals surface area contributed by atoms with Crippen LogP contribution in [0.5, 0.6) is 0 Å². The summed E-state index contributed by atoms with van der Waals surface area (Å²) in [5.41, 5.74) is 1.12. The summed E-state index contributed by atoms with van der Waals surface area (Å²) in [6.45, 7) is 5.76. The average molecular weight is 299 g/mol. The Morgan fingerprint density at radius 1 is 0.955 bits per heavy atom. The monoisotopic (exact) mass is 299 g/mol. The van der Waals surface area contributed by atoms with Gasteiger partial charge >= 0.3 is 0 Å². The highest BCUT2D eigenvalue weighted by Crippen LogP contribution is 2.21. The summed E-state index contributed by atoms with van der Waals surface area (Å²) in [5.74, 6) is 2.95. The third-order valence-corrected chi connectivity index (χ3v) is 3.87. The molecule has 7 nitrogen and oxygen atoms in total. The summed E-state index contributed by atoms with van der Waals surface area (Å²) >= 11 is 0. The Morgan fingerprint density at radius 3 is 2.36 bits per heavy atom. The minimum atomic E-state index is 0.924. The van der Waals surface area contributed by atoms with Crippen LogP contribution < -0.4 is 14.7 Å². The van der Waals surface area contributed by atoms with Gasteiger partial charge in [0.05, 0.1) is 0 Å². The van der Waals surface area contributed by atoms with Gasteiger partial charge in [-0.3, -0.25) is 0 Å². The molecule has 116 valence electrons. The first-order valence-electron chi connectivity index (χ1n) is 7.41. The van der Waals surface area contributed by atoms with Crippen LogP contribution in [0.3, 0.4) is 0 Å². The Hall–Kier alpha value is -2.44. The van der Waals surface area contributed by atoms with Crippen molar-refractivity contribution < 1.29 is 0 Å². The van der Waals surface area contributed by atoms with Crippen LogP contribution in [0.25, 0.3) is 0 Å². The van der Waals surface area contributed by atoms with Crippen molar-refractivity contribution >= 4 is 17.5 Å². The molecule has 3 heterocycles. The minimum absolute atomic E-state index is 0.924. The van der Waals surface area contributed by atoms with Gasteiger partial charge < -0.3 is 14.7 Å². The molecule has 0 amide bonds. The Kier molecular flexibility index (Phi) is 4.04. The molecule has 0 radical (unpaired) electrons. The van der Waals surface area contributed by atoms with E-state index in [1.54, 1.807) is 12.7 Å². The van der Waals surface area contributed by atoms with Crippen molar-refractivity contribution in [3.8, 4) is 0 Å². The lowest BCUT2D eigenvalue weighted by Gasteiger charge is -2.36. The number of rotatable bonds is 3. The zero-order valence-electron chi connectivity index (χ0n) is 13.3. The van der Waals surface area contributed by atoms with Gasteiger partial charge in [-0.25, -0.2) is 19.9 Å². The summed E-state index contributed by atoms with van der Waals surface area (Å²) in [6.07, 6.45) is 5.11. The molecule has 0 spiro atoms. The van der Waals surface area contributed by atoms with E-state index in [4.69, 9.17) is 0 Å². The smallest absolute Gasteiger partial charge is 0.134 e. The lowest BCUT2D eigenvalue weighted by atomic mass is 10.2. The number of aromatic nitrogens is 4. The van der Waals surface area contributed by atoms with E-state index >= 15 is 0 Å². The van der Waals surface area contributed by atoms with Gasteiger partial charge in [0.25, 0.3) is 0 Å². The topological polar surface area (TPSA) is 61.3 Å². The van der Waals surface area contributed by atoms with E-state index in [2.05, 4.69) is 36.7 Å². The Bertz CT molecular complexity index is 635. The minimum Gasteiger partial charge on any atom is -0.363 e. The first kappa shape index (κ1) is 14.5. The van der Waals surface area contributed by atoms with E-state index in [-0.39, 0.29) is 0 Å². The van der Waals surface area contributed by atoms with Gasteiger partial charge in [-0.2, -0.15) is 0 Å². The molecule has 0 N–H and O–H groups in total. The summed E-state index contributed by atoms with van der Waals surface area (Å²) in [4.78, 5) is 23.7. The quantitative estimate of drug-likeness (QED) is 0.836. The van der Waals surface area contributed by atoms with Gasteiger partial charge in [0.15, 0.2) is 0 Å². The maximum absolute atomic E-state index is 4.40. The van der Waals surface area contributed by atoms with E-state index in [1.807, 2.05) is 31.3 Å². The Balaban J connectivity index is 1.69. The first-order chi connectivity index (χ1) is 10.6. The fourth-order valence-electron chi connectivity index (χ4n) is 2.63. The molecular weight excluding hydrogens is 278 g/mol. The van der Waals surface area contributed by atoms with Crippen LogP contribution in [-0.4, -0.2) is 60.2 Å². The predicted molar refractivity (Wildman–Crippen MR) is 87.6 cm³/mol. The predicted octanol–water partition coefficient (Wildman–Crippen LogP) is 0.968. The van der Waals surface area contributed by atoms with Gasteiger partial charge in [-0.05, 0) is 6.92 Å². The molecule has 1 aliphatic rings. The number of hydrogen-bond acceptors (Lipinski definition) is 7. The maximum atomic E-state index is 4.40. The molecular formula is C15H21N7. The molecule has 3 rings (SSSR count). The molecule has 0 bridgehead atoms. The molecule has 22 heavy (non-hydrogen) atoms. The highest BCUT2D eigenvalue weighted by molar-refractivity contribution is 5.52. The average Bonchev–Trinajstić information content (AvgIpc) is 2.56. The second-order valence-electron chi connectivity index (χ2n) is 5.63. The van der Waals surface area contributed by atoms with Gasteiger partial charge in [0, 0.05) is 58.1 Å². The molecule has 1 aliphatic heterocycles. The van der Waals surface area contributed by atoms with Crippen molar-refractivity contribution in [2.75, 3.05) is 55.0 Å². The van der Waals surface area contributed by atoms with E-state index < -0.39 is 0 Å². The van der Waals surface area contributed by atoms with Crippen LogP contribution in [0, 0.1) is 6.92 Å². The third-order valence-electron chi connectivity index (χ3n) is 3.87. The number of aryl methyl sites for hydroxylation is 1. The second-order valence-corrected chi connectivity index (χ2v) is 5.63. The van der Waals surface area contributed by atoms with Crippen LogP contribution >= 0.6 is 0 Å². The maximum Gasteiger partial charge on any atom is 0.134 e. The van der Waals surface area contributed by atoms with Gasteiger partial charge in [-0.1, -0.05) is 0 Å². The fourth-order valence-corrected chi connectivity index (χ4v) is 2.63. The third kappa shape index (κ3) is 2.93. The van der Waals surface area contributed by atoms with E-state index in [9.17, 15) is 0 Å². The van der Waals surface area contributed by atoms with Crippen molar-refractivity contribution in [1.82, 2.24) is 19.9 Å². The zero-order chi connectivity index (χ0) is 15.5. The Labute approximate surface area is 130 Å². The van der Waals surface area contributed by atoms with Crippen molar-refractivity contribution in [2.24, 2.45) is 0 Å². The lowest BCUT2D eigenvalue weighted by Crippen LogP contribution is -2.47. The lowest BCUT2D eigenvalue weighted by molar-refractivity contribution is 0.638. The van der Waals surface area contributed by atoms with Crippen LogP contribution in [0.15, 0.2) is 24.9 Å². The number of hydrogen-bond donors (Lipinski definition) is 0. The van der Waals surface area contributed by atoms with Crippen LogP contribution in [-0.2, 0) is 0 Å². The van der Waals surface area contributed by atoms with Gasteiger partial charge in [0.1, 0.15) is 30.1 Å². The number of nitrogens with zero attached hydrogens (tertiary/aromatic N) is 7. The normalized spacial score (nSPS) is 15.0. The first-order valence-corrected chi connectivity index (χ1v) is 7.41. The standard InChI is InChI=1S/C15H21N7/c1-12-9-16-10-19-15(12)22-6-4-21(5-7-22)14-8-13(20(2)3)17-11-18-14/h8-11H,4-7H2,1-3H3. The molecule has 2 aromatic heterocycles. The largest absolute Gasteiger partial charge is 0.363 e. The van der Waals surface area contributed by atoms with Gasteiger partial charge in [0.2, 0.25) is 0 Å². The van der Waals surface area contributed by atoms with E-state index in [1.165, 1.54) is 0 Å². The van der Waals surface area contributed by atoms with Crippen molar-refractivity contribution in [1.29, 1.82) is 0 Å². The zero-order valence-corrected chi connectivity index (χ0v) is 13.3. The summed E-state index contributed by atoms with van der Waals surface area (Å²) in [5, 5.41) is 0. The van der Waals surface area contributed by atoms with Crippen LogP contribution in [0.4, 0.5) is 17.5 Å². The molecule has 7 heteroatoms. The summed E-state index contributed by atoms with van der Waals surface area (Å²) in [6, 6.07) is 2.03. The fraction of sp³-hybridized carbons (Fsp3) is 0.467. The second kappa shape index (κ2) is 6.13. The van der Waals surface area contributed by atoms with E-state index in [0.29, 0.717) is 0 Å². The molecule has 1 saturated heterocycles. The number of piperazine rings is 1. The summed E-state index contributed by atoms with van der Waals surface area (Å²) in [7, 11) is 3.98. The summed E-state index contributed by atoms with van der Waals surface area (Å²) < 4.78 is 0. The molecule has 2 aromatic rings. The van der Waals surface area contributed by atoms with E-state index in [0.717, 1.165) is 49.2 Å². The molecule has 0 aromatic carbocycles. The highest BCUT2D eigenvalue weighted by atomic mass is 15.3. The van der Waals surface area contributed by atoms with Gasteiger partial charge in [-0.15, -0.1) is 0 Å².